The Bertz CT molecular complexity index is 469. The lowest BCUT2D eigenvalue weighted by molar-refractivity contribution is -0.258. The molecule has 0 radical (unpaired) electrons. The summed E-state index contributed by atoms with van der Waals surface area (Å²) in [6.07, 6.45) is -4.18. The molecular weight excluding hydrogens is 269 g/mol. The molecule has 2 nitrogen and oxygen atoms in total. The minimum atomic E-state index is -4.57. The van der Waals surface area contributed by atoms with Crippen molar-refractivity contribution in [2.75, 3.05) is 7.11 Å². The predicted molar refractivity (Wildman–Crippen MR) is 69.8 cm³/mol. The average molecular weight is 288 g/mol. The molecule has 0 aliphatic heterocycles. The average Bonchev–Trinajstić information content (AvgIpc) is 2.79. The first kappa shape index (κ1) is 15.2. The van der Waals surface area contributed by atoms with Gasteiger partial charge in [-0.05, 0) is 48.8 Å². The van der Waals surface area contributed by atoms with E-state index in [9.17, 15) is 18.3 Å². The number of hydrogen-bond acceptors (Lipinski definition) is 2. The molecular formula is C15H19F3O2. The highest BCUT2D eigenvalue weighted by Crippen LogP contribution is 2.54. The molecule has 112 valence electrons. The van der Waals surface area contributed by atoms with E-state index in [-0.39, 0.29) is 12.8 Å². The van der Waals surface area contributed by atoms with E-state index >= 15 is 0 Å². The first-order valence-corrected chi connectivity index (χ1v) is 6.70. The first-order valence-electron chi connectivity index (χ1n) is 6.70. The van der Waals surface area contributed by atoms with Crippen molar-refractivity contribution in [1.82, 2.24) is 0 Å². The second-order valence-corrected chi connectivity index (χ2v) is 5.57. The third kappa shape index (κ3) is 2.39. The Morgan fingerprint density at radius 3 is 2.20 bits per heavy atom. The molecule has 1 saturated carbocycles. The zero-order chi connectivity index (χ0) is 15.0. The molecule has 5 heteroatoms. The van der Waals surface area contributed by atoms with Gasteiger partial charge in [-0.15, -0.1) is 0 Å². The van der Waals surface area contributed by atoms with Crippen molar-refractivity contribution in [1.29, 1.82) is 0 Å². The van der Waals surface area contributed by atoms with E-state index < -0.39 is 17.2 Å². The maximum Gasteiger partial charge on any atom is 0.417 e. The van der Waals surface area contributed by atoms with Crippen molar-refractivity contribution >= 4 is 0 Å². The standard InChI is InChI=1S/C15H19F3O2/c1-3-13(11-4-6-12(20-2)7-5-11)8-9-14(19,10-13)15(16,17)18/h4-7,19H,3,8-10H2,1-2H3. The van der Waals surface area contributed by atoms with Gasteiger partial charge < -0.3 is 9.84 Å². The fourth-order valence-electron chi connectivity index (χ4n) is 3.12. The van der Waals surface area contributed by atoms with Crippen molar-refractivity contribution < 1.29 is 23.0 Å². The Balaban J connectivity index is 2.32. The fourth-order valence-corrected chi connectivity index (χ4v) is 3.12. The molecule has 0 heterocycles. The van der Waals surface area contributed by atoms with Crippen LogP contribution in [0.25, 0.3) is 0 Å². The Kier molecular flexibility index (Phi) is 3.75. The maximum absolute atomic E-state index is 13.0. The predicted octanol–water partition coefficient (Wildman–Crippen LogP) is 3.82. The molecule has 2 atom stereocenters. The van der Waals surface area contributed by atoms with Crippen LogP contribution in [0.4, 0.5) is 13.2 Å². The lowest BCUT2D eigenvalue weighted by Gasteiger charge is -2.32. The van der Waals surface area contributed by atoms with Gasteiger partial charge in [0.15, 0.2) is 5.60 Å². The molecule has 0 saturated heterocycles. The molecule has 20 heavy (non-hydrogen) atoms. The number of ether oxygens (including phenoxy) is 1. The van der Waals surface area contributed by atoms with Gasteiger partial charge in [0, 0.05) is 0 Å². The highest BCUT2D eigenvalue weighted by molar-refractivity contribution is 5.34. The minimum Gasteiger partial charge on any atom is -0.497 e. The highest BCUT2D eigenvalue weighted by Gasteiger charge is 2.61. The van der Waals surface area contributed by atoms with Crippen LogP contribution in [-0.2, 0) is 5.41 Å². The SMILES string of the molecule is CCC1(c2ccc(OC)cc2)CCC(O)(C(F)(F)F)C1. The zero-order valence-electron chi connectivity index (χ0n) is 11.6. The topological polar surface area (TPSA) is 29.5 Å². The number of aliphatic hydroxyl groups is 1. The fraction of sp³-hybridized carbons (Fsp3) is 0.600. The van der Waals surface area contributed by atoms with Crippen molar-refractivity contribution in [2.45, 2.75) is 49.8 Å². The van der Waals surface area contributed by atoms with Crippen molar-refractivity contribution in [3.63, 3.8) is 0 Å². The van der Waals surface area contributed by atoms with Crippen LogP contribution in [0, 0.1) is 0 Å². The molecule has 1 aromatic carbocycles. The molecule has 0 spiro atoms. The summed E-state index contributed by atoms with van der Waals surface area (Å²) in [5.41, 5.74) is -2.35. The van der Waals surface area contributed by atoms with E-state index in [1.165, 1.54) is 0 Å². The largest absolute Gasteiger partial charge is 0.497 e. The van der Waals surface area contributed by atoms with E-state index in [1.54, 1.807) is 31.4 Å². The Labute approximate surface area is 116 Å². The molecule has 1 aliphatic rings. The summed E-state index contributed by atoms with van der Waals surface area (Å²) in [5.74, 6) is 0.670. The second kappa shape index (κ2) is 4.95. The molecule has 2 unspecified atom stereocenters. The van der Waals surface area contributed by atoms with Crippen LogP contribution in [-0.4, -0.2) is 24.0 Å². The molecule has 1 aliphatic carbocycles. The van der Waals surface area contributed by atoms with Crippen LogP contribution in [0.5, 0.6) is 5.75 Å². The number of halogens is 3. The summed E-state index contributed by atoms with van der Waals surface area (Å²) < 4.78 is 44.0. The third-order valence-corrected chi connectivity index (χ3v) is 4.55. The number of hydrogen-bond donors (Lipinski definition) is 1. The van der Waals surface area contributed by atoms with Gasteiger partial charge >= 0.3 is 6.18 Å². The second-order valence-electron chi connectivity index (χ2n) is 5.57. The minimum absolute atomic E-state index is 0.240. The lowest BCUT2D eigenvalue weighted by atomic mass is 9.75. The highest BCUT2D eigenvalue weighted by atomic mass is 19.4. The van der Waals surface area contributed by atoms with Gasteiger partial charge in [0.1, 0.15) is 5.75 Å². The summed E-state index contributed by atoms with van der Waals surface area (Å²) in [5, 5.41) is 9.91. The Morgan fingerprint density at radius 2 is 1.80 bits per heavy atom. The van der Waals surface area contributed by atoms with Gasteiger partial charge in [-0.3, -0.25) is 0 Å². The molecule has 1 aromatic rings. The smallest absolute Gasteiger partial charge is 0.417 e. The third-order valence-electron chi connectivity index (χ3n) is 4.55. The van der Waals surface area contributed by atoms with Crippen LogP contribution in [0.1, 0.15) is 38.2 Å². The summed E-state index contributed by atoms with van der Waals surface area (Å²) in [6.45, 7) is 1.87. The van der Waals surface area contributed by atoms with Gasteiger partial charge in [0.05, 0.1) is 7.11 Å². The summed E-state index contributed by atoms with van der Waals surface area (Å²) in [6, 6.07) is 7.09. The summed E-state index contributed by atoms with van der Waals surface area (Å²) >= 11 is 0. The van der Waals surface area contributed by atoms with Gasteiger partial charge in [-0.2, -0.15) is 13.2 Å². The van der Waals surface area contributed by atoms with Gasteiger partial charge in [0.25, 0.3) is 0 Å². The number of rotatable bonds is 3. The number of methoxy groups -OCH3 is 1. The van der Waals surface area contributed by atoms with Crippen molar-refractivity contribution in [3.05, 3.63) is 29.8 Å². The molecule has 0 aromatic heterocycles. The summed E-state index contributed by atoms with van der Waals surface area (Å²) in [7, 11) is 1.54. The number of alkyl halides is 3. The van der Waals surface area contributed by atoms with Gasteiger partial charge in [-0.25, -0.2) is 0 Å². The quantitative estimate of drug-likeness (QED) is 0.916. The van der Waals surface area contributed by atoms with Gasteiger partial charge in [0.2, 0.25) is 0 Å². The van der Waals surface area contributed by atoms with E-state index in [1.807, 2.05) is 6.92 Å². The molecule has 1 N–H and O–H groups in total. The van der Waals surface area contributed by atoms with Crippen molar-refractivity contribution in [3.8, 4) is 5.75 Å². The van der Waals surface area contributed by atoms with E-state index in [0.717, 1.165) is 5.56 Å². The van der Waals surface area contributed by atoms with E-state index in [4.69, 9.17) is 4.74 Å². The maximum atomic E-state index is 13.0. The van der Waals surface area contributed by atoms with Crippen LogP contribution >= 0.6 is 0 Å². The van der Waals surface area contributed by atoms with Gasteiger partial charge in [-0.1, -0.05) is 19.1 Å². The Morgan fingerprint density at radius 1 is 1.20 bits per heavy atom. The lowest BCUT2D eigenvalue weighted by Crippen LogP contribution is -2.44. The zero-order valence-corrected chi connectivity index (χ0v) is 11.6. The first-order chi connectivity index (χ1) is 9.26. The number of benzene rings is 1. The van der Waals surface area contributed by atoms with Crippen LogP contribution in [0.3, 0.4) is 0 Å². The van der Waals surface area contributed by atoms with Crippen molar-refractivity contribution in [2.24, 2.45) is 0 Å². The Hall–Kier alpha value is -1.23. The van der Waals surface area contributed by atoms with E-state index in [2.05, 4.69) is 0 Å². The molecule has 1 fully saturated rings. The van der Waals surface area contributed by atoms with Crippen LogP contribution in [0.15, 0.2) is 24.3 Å². The molecule has 2 rings (SSSR count). The van der Waals surface area contributed by atoms with Crippen LogP contribution < -0.4 is 4.74 Å². The molecule has 0 amide bonds. The monoisotopic (exact) mass is 288 g/mol. The van der Waals surface area contributed by atoms with E-state index in [0.29, 0.717) is 18.6 Å². The van der Waals surface area contributed by atoms with Crippen LogP contribution in [0.2, 0.25) is 0 Å². The molecule has 0 bridgehead atoms. The summed E-state index contributed by atoms with van der Waals surface area (Å²) in [4.78, 5) is 0. The normalized spacial score (nSPS) is 30.5.